The number of thioether (sulfide) groups is 1. The highest BCUT2D eigenvalue weighted by molar-refractivity contribution is 9.10. The van der Waals surface area contributed by atoms with Gasteiger partial charge in [-0.3, -0.25) is 29.4 Å². The highest BCUT2D eigenvalue weighted by Crippen LogP contribution is 2.36. The number of rotatable bonds is 8. The van der Waals surface area contributed by atoms with E-state index in [1.807, 2.05) is 12.1 Å². The van der Waals surface area contributed by atoms with E-state index in [4.69, 9.17) is 4.42 Å². The van der Waals surface area contributed by atoms with Crippen molar-refractivity contribution in [2.75, 3.05) is 18.4 Å². The Balaban J connectivity index is 0.983. The zero-order chi connectivity index (χ0) is 31.9. The molecule has 0 bridgehead atoms. The molecule has 6 rings (SSSR count). The van der Waals surface area contributed by atoms with Gasteiger partial charge in [-0.05, 0) is 49.5 Å². The number of likely N-dealkylation sites (tertiary alicyclic amines) is 1. The van der Waals surface area contributed by atoms with Gasteiger partial charge in [0.2, 0.25) is 23.6 Å². The highest BCUT2D eigenvalue weighted by atomic mass is 79.9. The van der Waals surface area contributed by atoms with Gasteiger partial charge in [0.05, 0.1) is 22.4 Å². The van der Waals surface area contributed by atoms with E-state index in [2.05, 4.69) is 62.2 Å². The Morgan fingerprint density at radius 1 is 1.16 bits per heavy atom. The fourth-order valence-electron chi connectivity index (χ4n) is 5.82. The van der Waals surface area contributed by atoms with E-state index < -0.39 is 11.9 Å². The van der Waals surface area contributed by atoms with Gasteiger partial charge in [-0.1, -0.05) is 54.1 Å². The number of aromatic nitrogens is 2. The van der Waals surface area contributed by atoms with Gasteiger partial charge < -0.3 is 14.6 Å². The number of hydrogen-bond donors (Lipinski definition) is 2. The Morgan fingerprint density at radius 3 is 2.64 bits per heavy atom. The van der Waals surface area contributed by atoms with Crippen LogP contribution in [0, 0.1) is 5.92 Å². The van der Waals surface area contributed by atoms with Gasteiger partial charge in [0.25, 0.3) is 5.91 Å². The van der Waals surface area contributed by atoms with Crippen LogP contribution in [0.2, 0.25) is 0 Å². The van der Waals surface area contributed by atoms with Gasteiger partial charge >= 0.3 is 0 Å². The van der Waals surface area contributed by atoms with E-state index in [0.717, 1.165) is 51.5 Å². The number of hydrogen-bond acceptors (Lipinski definition) is 10. The molecule has 2 aromatic heterocycles. The number of carbonyl (C=O) groups is 4. The fraction of sp³-hybridized carbons (Fsp3) is 0.484. The lowest BCUT2D eigenvalue weighted by Crippen LogP contribution is -2.52. The van der Waals surface area contributed by atoms with Gasteiger partial charge in [0.15, 0.2) is 5.13 Å². The first-order valence-electron chi connectivity index (χ1n) is 15.0. The summed E-state index contributed by atoms with van der Waals surface area (Å²) in [4.78, 5) is 62.8. The molecule has 2 fully saturated rings. The van der Waals surface area contributed by atoms with Crippen molar-refractivity contribution in [3.8, 4) is 0 Å². The van der Waals surface area contributed by atoms with Crippen LogP contribution in [0.25, 0.3) is 0 Å². The van der Waals surface area contributed by atoms with Crippen molar-refractivity contribution in [3.05, 3.63) is 57.3 Å². The van der Waals surface area contributed by atoms with Crippen molar-refractivity contribution < 1.29 is 23.6 Å². The molecule has 2 N–H and O–H groups in total. The number of thiazole rings is 1. The SMILES string of the molecule is CC(C)(C)c1cnc(CSc2cnc(NC(=O)C3CCN(Cc4ccc5c(c4Br)CN(C4CCC(=O)NC4=O)C5=O)CC3)s2)o1. The summed E-state index contributed by atoms with van der Waals surface area (Å²) in [5.41, 5.74) is 2.42. The van der Waals surface area contributed by atoms with Crippen molar-refractivity contribution in [3.63, 3.8) is 0 Å². The molecular formula is C31H35BrN6O5S2. The van der Waals surface area contributed by atoms with Gasteiger partial charge in [0.1, 0.15) is 11.8 Å². The lowest BCUT2D eigenvalue weighted by atomic mass is 9.94. The molecule has 0 spiro atoms. The molecular weight excluding hydrogens is 680 g/mol. The fourth-order valence-corrected chi connectivity index (χ4v) is 8.14. The van der Waals surface area contributed by atoms with Gasteiger partial charge in [-0.25, -0.2) is 9.97 Å². The average Bonchev–Trinajstić information content (AvgIpc) is 3.73. The molecule has 3 aromatic rings. The summed E-state index contributed by atoms with van der Waals surface area (Å²) >= 11 is 6.76. The van der Waals surface area contributed by atoms with Crippen LogP contribution in [0.1, 0.15) is 79.6 Å². The van der Waals surface area contributed by atoms with Crippen molar-refractivity contribution in [2.45, 2.75) is 81.0 Å². The van der Waals surface area contributed by atoms with E-state index in [9.17, 15) is 19.2 Å². The number of oxazole rings is 1. The van der Waals surface area contributed by atoms with E-state index in [1.54, 1.807) is 29.1 Å². The second kappa shape index (κ2) is 13.0. The molecule has 1 aromatic carbocycles. The Hall–Kier alpha value is -3.07. The number of amides is 4. The second-order valence-electron chi connectivity index (χ2n) is 12.6. The zero-order valence-corrected chi connectivity index (χ0v) is 28.6. The van der Waals surface area contributed by atoms with Crippen LogP contribution in [0.15, 0.2) is 37.6 Å². The van der Waals surface area contributed by atoms with Crippen LogP contribution >= 0.6 is 39.0 Å². The molecule has 0 aliphatic carbocycles. The number of imide groups is 1. The quantitative estimate of drug-likeness (QED) is 0.241. The largest absolute Gasteiger partial charge is 0.444 e. The number of fused-ring (bicyclic) bond motifs is 1. The minimum absolute atomic E-state index is 0.00571. The number of halogens is 1. The third-order valence-corrected chi connectivity index (χ3v) is 11.5. The van der Waals surface area contributed by atoms with Crippen LogP contribution in [-0.2, 0) is 38.6 Å². The molecule has 1 atom stereocenters. The van der Waals surface area contributed by atoms with Crippen LogP contribution in [0.5, 0.6) is 0 Å². The van der Waals surface area contributed by atoms with Crippen molar-refractivity contribution in [1.29, 1.82) is 0 Å². The van der Waals surface area contributed by atoms with Gasteiger partial charge in [-0.15, -0.1) is 11.8 Å². The van der Waals surface area contributed by atoms with Crippen LogP contribution < -0.4 is 10.6 Å². The Morgan fingerprint density at radius 2 is 1.93 bits per heavy atom. The molecule has 11 nitrogen and oxygen atoms in total. The normalized spacial score (nSPS) is 19.6. The summed E-state index contributed by atoms with van der Waals surface area (Å²) in [6.45, 7) is 8.82. The number of nitrogens with zero attached hydrogens (tertiary/aromatic N) is 4. The summed E-state index contributed by atoms with van der Waals surface area (Å²) in [5.74, 6) is 1.13. The predicted octanol–water partition coefficient (Wildman–Crippen LogP) is 5.10. The molecule has 238 valence electrons. The van der Waals surface area contributed by atoms with Crippen molar-refractivity contribution >= 4 is 67.8 Å². The zero-order valence-electron chi connectivity index (χ0n) is 25.4. The van der Waals surface area contributed by atoms with Crippen molar-refractivity contribution in [2.24, 2.45) is 5.92 Å². The summed E-state index contributed by atoms with van der Waals surface area (Å²) in [6.07, 6.45) is 5.59. The Kier molecular flexibility index (Phi) is 9.19. The molecule has 3 aliphatic heterocycles. The first-order valence-corrected chi connectivity index (χ1v) is 17.6. The third-order valence-electron chi connectivity index (χ3n) is 8.43. The summed E-state index contributed by atoms with van der Waals surface area (Å²) in [7, 11) is 0. The molecule has 0 saturated carbocycles. The highest BCUT2D eigenvalue weighted by Gasteiger charge is 2.40. The number of carbonyl (C=O) groups excluding carboxylic acids is 4. The predicted molar refractivity (Wildman–Crippen MR) is 174 cm³/mol. The maximum Gasteiger partial charge on any atom is 0.255 e. The molecule has 0 radical (unpaired) electrons. The molecule has 4 amide bonds. The number of piperidine rings is 2. The van der Waals surface area contributed by atoms with Crippen molar-refractivity contribution in [1.82, 2.24) is 25.1 Å². The molecule has 1 unspecified atom stereocenters. The summed E-state index contributed by atoms with van der Waals surface area (Å²) in [6, 6.07) is 3.15. The molecule has 14 heteroatoms. The molecule has 3 aliphatic rings. The first-order chi connectivity index (χ1) is 21.5. The lowest BCUT2D eigenvalue weighted by molar-refractivity contribution is -0.137. The Labute approximate surface area is 278 Å². The smallest absolute Gasteiger partial charge is 0.255 e. The minimum Gasteiger partial charge on any atom is -0.444 e. The Bertz CT molecular complexity index is 1640. The molecule has 2 saturated heterocycles. The third kappa shape index (κ3) is 7.03. The van der Waals surface area contributed by atoms with Crippen LogP contribution in [-0.4, -0.2) is 62.5 Å². The van der Waals surface area contributed by atoms with E-state index in [1.165, 1.54) is 11.3 Å². The summed E-state index contributed by atoms with van der Waals surface area (Å²) < 4.78 is 7.73. The van der Waals surface area contributed by atoms with Crippen LogP contribution in [0.3, 0.4) is 0 Å². The lowest BCUT2D eigenvalue weighted by Gasteiger charge is -2.31. The number of anilines is 1. The monoisotopic (exact) mass is 714 g/mol. The standard InChI is InChI=1S/C31H35BrN6O5S2/c1-31(2,3)22-12-33-24(43-22)16-44-25-13-34-30(45-25)36-27(40)17-8-10-37(11-9-17)14-18-4-5-19-20(26(18)32)15-38(29(19)42)21-6-7-23(39)35-28(21)41/h4-5,12-13,17,21H,6-11,14-16H2,1-3H3,(H,34,36,40)(H,35,39,41). The maximum absolute atomic E-state index is 13.1. The number of nitrogens with one attached hydrogen (secondary N) is 2. The van der Waals surface area contributed by atoms with E-state index >= 15 is 0 Å². The second-order valence-corrected chi connectivity index (χ2v) is 15.7. The topological polar surface area (TPSA) is 138 Å². The maximum atomic E-state index is 13.1. The van der Waals surface area contributed by atoms with Crippen LogP contribution in [0.4, 0.5) is 5.13 Å². The van der Waals surface area contributed by atoms with Gasteiger partial charge in [0, 0.05) is 40.9 Å². The number of benzene rings is 1. The van der Waals surface area contributed by atoms with E-state index in [0.29, 0.717) is 41.8 Å². The molecule has 5 heterocycles. The first kappa shape index (κ1) is 31.9. The average molecular weight is 716 g/mol. The molecule has 45 heavy (non-hydrogen) atoms. The van der Waals surface area contributed by atoms with Gasteiger partial charge in [-0.2, -0.15) is 0 Å². The minimum atomic E-state index is -0.640. The van der Waals surface area contributed by atoms with E-state index in [-0.39, 0.29) is 35.5 Å². The summed E-state index contributed by atoms with van der Waals surface area (Å²) in [5, 5.41) is 5.94.